The van der Waals surface area contributed by atoms with Gasteiger partial charge < -0.3 is 44.5 Å². The van der Waals surface area contributed by atoms with Crippen molar-refractivity contribution >= 4 is 23.4 Å². The molecule has 15 unspecified atom stereocenters. The highest BCUT2D eigenvalue weighted by atomic mass is 19.1. The summed E-state index contributed by atoms with van der Waals surface area (Å²) in [6.07, 6.45) is 0.940. The summed E-state index contributed by atoms with van der Waals surface area (Å²) >= 11 is 0. The van der Waals surface area contributed by atoms with Gasteiger partial charge in [0.2, 0.25) is 5.79 Å². The van der Waals surface area contributed by atoms with E-state index < -0.39 is 89.9 Å². The molecule has 2 saturated heterocycles. The average Bonchev–Trinajstić information content (AvgIpc) is 3.20. The number of carbonyl (C=O) groups is 4. The molecule has 0 aromatic heterocycles. The molecule has 0 aromatic carbocycles. The standard InChI is InChI=1S/C43H69FN2O11/c1-10-29-18-23(2)37(44)24(3)19-35(54-8)39-36(55-9)20-26(5)43(52,57-39)40(49)41(50)46-16-12-11-13-31(46)42(51)56-38(27(6)32(47)22-33(29)48)25(4)17-28-14-15-30(45)34(21-28)53-7/h17-18,24,26-32,34-39,47,52H,10-16,19-22,45H2,1-9H3/b23-18+,25-17?. The smallest absolute Gasteiger partial charge is 0.329 e. The van der Waals surface area contributed by atoms with Crippen LogP contribution in [0.2, 0.25) is 0 Å². The summed E-state index contributed by atoms with van der Waals surface area (Å²) in [4.78, 5) is 57.6. The van der Waals surface area contributed by atoms with Crippen molar-refractivity contribution in [2.75, 3.05) is 27.9 Å². The van der Waals surface area contributed by atoms with Gasteiger partial charge in [-0.3, -0.25) is 14.4 Å². The predicted octanol–water partition coefficient (Wildman–Crippen LogP) is 4.39. The summed E-state index contributed by atoms with van der Waals surface area (Å²) in [5.74, 6) is -8.90. The van der Waals surface area contributed by atoms with Crippen molar-refractivity contribution in [2.24, 2.45) is 35.3 Å². The van der Waals surface area contributed by atoms with Crippen LogP contribution in [-0.4, -0.2) is 127 Å². The SMILES string of the molecule is CCC1/C=C(\C)C(F)C(C)CC(OC)C2OC(O)(C(=O)C(=O)N3CCCCC3C(=O)OC(C(C)=CC3CCC(N)C(OC)C3)C(C)C(O)CC1=O)C(C)CC2OC. The van der Waals surface area contributed by atoms with Gasteiger partial charge in [-0.05, 0) is 94.6 Å². The number of halogens is 1. The van der Waals surface area contributed by atoms with Crippen LogP contribution in [-0.2, 0) is 42.9 Å². The van der Waals surface area contributed by atoms with Gasteiger partial charge in [-0.2, -0.15) is 0 Å². The van der Waals surface area contributed by atoms with Crippen molar-refractivity contribution in [1.82, 2.24) is 4.90 Å². The van der Waals surface area contributed by atoms with Crippen LogP contribution in [0.1, 0.15) is 106 Å². The van der Waals surface area contributed by atoms with Gasteiger partial charge in [0.15, 0.2) is 0 Å². The molecule has 324 valence electrons. The van der Waals surface area contributed by atoms with Crippen LogP contribution in [0.15, 0.2) is 23.3 Å². The Kier molecular flexibility index (Phi) is 17.0. The molecule has 1 saturated carbocycles. The van der Waals surface area contributed by atoms with E-state index in [0.29, 0.717) is 36.8 Å². The summed E-state index contributed by atoms with van der Waals surface area (Å²) in [5.41, 5.74) is 7.28. The van der Waals surface area contributed by atoms with E-state index in [4.69, 9.17) is 29.4 Å². The Balaban J connectivity index is 1.79. The van der Waals surface area contributed by atoms with Crippen molar-refractivity contribution in [2.45, 2.75) is 166 Å². The number of ketones is 2. The largest absolute Gasteiger partial charge is 0.456 e. The van der Waals surface area contributed by atoms with E-state index in [9.17, 15) is 29.4 Å². The predicted molar refractivity (Wildman–Crippen MR) is 210 cm³/mol. The lowest BCUT2D eigenvalue weighted by Crippen LogP contribution is -2.64. The van der Waals surface area contributed by atoms with E-state index in [1.165, 1.54) is 14.2 Å². The van der Waals surface area contributed by atoms with Crippen LogP contribution in [0.5, 0.6) is 0 Å². The summed E-state index contributed by atoms with van der Waals surface area (Å²) in [5, 5.41) is 23.6. The molecular weight excluding hydrogens is 739 g/mol. The fourth-order valence-corrected chi connectivity index (χ4v) is 9.35. The number of esters is 1. The third kappa shape index (κ3) is 10.8. The van der Waals surface area contributed by atoms with Gasteiger partial charge in [0.1, 0.15) is 30.2 Å². The topological polar surface area (TPSA) is 184 Å². The zero-order chi connectivity index (χ0) is 42.4. The number of alkyl halides is 1. The molecule has 0 aromatic rings. The molecule has 4 N–H and O–H groups in total. The second-order valence-electron chi connectivity index (χ2n) is 17.2. The second-order valence-corrected chi connectivity index (χ2v) is 17.2. The Bertz CT molecular complexity index is 1470. The molecule has 4 aliphatic rings. The van der Waals surface area contributed by atoms with Crippen molar-refractivity contribution in [3.05, 3.63) is 23.3 Å². The number of hydrogen-bond donors (Lipinski definition) is 3. The number of hydrogen-bond acceptors (Lipinski definition) is 12. The summed E-state index contributed by atoms with van der Waals surface area (Å²) in [7, 11) is 4.51. The molecule has 3 heterocycles. The van der Waals surface area contributed by atoms with Gasteiger partial charge in [0, 0.05) is 58.1 Å². The van der Waals surface area contributed by atoms with E-state index in [1.807, 2.05) is 19.9 Å². The third-order valence-electron chi connectivity index (χ3n) is 13.2. The number of piperidine rings is 1. The van der Waals surface area contributed by atoms with Gasteiger partial charge >= 0.3 is 5.97 Å². The van der Waals surface area contributed by atoms with Crippen molar-refractivity contribution in [3.63, 3.8) is 0 Å². The minimum atomic E-state index is -2.59. The summed E-state index contributed by atoms with van der Waals surface area (Å²) < 4.78 is 45.8. The Hall–Kier alpha value is -2.59. The summed E-state index contributed by atoms with van der Waals surface area (Å²) in [6, 6.07) is -1.27. The van der Waals surface area contributed by atoms with Gasteiger partial charge in [-0.1, -0.05) is 39.8 Å². The van der Waals surface area contributed by atoms with Crippen molar-refractivity contribution in [3.8, 4) is 0 Å². The highest BCUT2D eigenvalue weighted by molar-refractivity contribution is 6.39. The van der Waals surface area contributed by atoms with Crippen LogP contribution >= 0.6 is 0 Å². The van der Waals surface area contributed by atoms with E-state index >= 15 is 4.39 Å². The maximum atomic E-state index is 16.2. The first kappa shape index (κ1) is 47.1. The first-order valence-corrected chi connectivity index (χ1v) is 20.9. The Morgan fingerprint density at radius 2 is 1.65 bits per heavy atom. The third-order valence-corrected chi connectivity index (χ3v) is 13.2. The number of rotatable bonds is 6. The Morgan fingerprint density at radius 3 is 2.28 bits per heavy atom. The number of methoxy groups -OCH3 is 3. The number of allylic oxidation sites excluding steroid dienone is 3. The molecule has 2 bridgehead atoms. The van der Waals surface area contributed by atoms with Gasteiger partial charge in [-0.25, -0.2) is 9.18 Å². The number of aliphatic hydroxyl groups is 2. The number of aliphatic hydroxyl groups excluding tert-OH is 1. The zero-order valence-corrected chi connectivity index (χ0v) is 35.5. The highest BCUT2D eigenvalue weighted by Crippen LogP contribution is 2.39. The molecule has 57 heavy (non-hydrogen) atoms. The maximum Gasteiger partial charge on any atom is 0.329 e. The molecular formula is C43H69FN2O11. The molecule has 3 aliphatic heterocycles. The normalized spacial score (nSPS) is 42.4. The second kappa shape index (κ2) is 20.6. The Labute approximate surface area is 338 Å². The zero-order valence-electron chi connectivity index (χ0n) is 35.5. The molecule has 4 rings (SSSR count). The van der Waals surface area contributed by atoms with Gasteiger partial charge in [0.05, 0.1) is 24.4 Å². The van der Waals surface area contributed by atoms with Crippen LogP contribution in [0.4, 0.5) is 4.39 Å². The fraction of sp³-hybridized carbons (Fsp3) is 0.814. The molecule has 13 nitrogen and oxygen atoms in total. The number of carbonyl (C=O) groups excluding carboxylic acids is 4. The van der Waals surface area contributed by atoms with Crippen LogP contribution in [0, 0.1) is 29.6 Å². The Morgan fingerprint density at radius 1 is 1.00 bits per heavy atom. The first-order valence-electron chi connectivity index (χ1n) is 20.9. The minimum absolute atomic E-state index is 0.0426. The van der Waals surface area contributed by atoms with Crippen molar-refractivity contribution in [1.29, 1.82) is 0 Å². The summed E-state index contributed by atoms with van der Waals surface area (Å²) in [6.45, 7) is 10.3. The van der Waals surface area contributed by atoms with E-state index in [-0.39, 0.29) is 56.1 Å². The van der Waals surface area contributed by atoms with E-state index in [0.717, 1.165) is 17.7 Å². The van der Waals surface area contributed by atoms with Crippen molar-refractivity contribution < 1.29 is 57.5 Å². The van der Waals surface area contributed by atoms with Crippen LogP contribution in [0.25, 0.3) is 0 Å². The average molecular weight is 809 g/mol. The van der Waals surface area contributed by atoms with Gasteiger partial charge in [0.25, 0.3) is 11.7 Å². The quantitative estimate of drug-likeness (QED) is 0.196. The first-order chi connectivity index (χ1) is 26.9. The van der Waals surface area contributed by atoms with Crippen LogP contribution < -0.4 is 5.73 Å². The molecule has 14 heteroatoms. The molecule has 0 spiro atoms. The number of nitrogens with two attached hydrogens (primary N) is 1. The molecule has 1 aliphatic carbocycles. The lowest BCUT2D eigenvalue weighted by Gasteiger charge is -2.47. The number of cyclic esters (lactones) is 1. The highest BCUT2D eigenvalue weighted by Gasteiger charge is 2.56. The number of fused-ring (bicyclic) bond motifs is 3. The minimum Gasteiger partial charge on any atom is -0.456 e. The number of Topliss-reactive ketones (excluding diaryl/α,β-unsaturated/α-hetero) is 2. The number of amides is 1. The van der Waals surface area contributed by atoms with E-state index in [2.05, 4.69) is 0 Å². The fourth-order valence-electron chi connectivity index (χ4n) is 9.35. The number of ether oxygens (including phenoxy) is 5. The molecule has 1 amide bonds. The molecule has 15 atom stereocenters. The molecule has 3 fully saturated rings. The lowest BCUT2D eigenvalue weighted by molar-refractivity contribution is -0.302. The van der Waals surface area contributed by atoms with E-state index in [1.54, 1.807) is 40.9 Å². The van der Waals surface area contributed by atoms with Gasteiger partial charge in [-0.15, -0.1) is 0 Å². The molecule has 0 radical (unpaired) electrons. The lowest BCUT2D eigenvalue weighted by atomic mass is 9.81. The number of nitrogens with zero attached hydrogens (tertiary/aromatic N) is 1. The van der Waals surface area contributed by atoms with Crippen LogP contribution in [0.3, 0.4) is 0 Å². The maximum absolute atomic E-state index is 16.2. The monoisotopic (exact) mass is 808 g/mol.